The summed E-state index contributed by atoms with van der Waals surface area (Å²) >= 11 is 0. The average molecular weight is 538 g/mol. The molecule has 1 aromatic carbocycles. The van der Waals surface area contributed by atoms with Gasteiger partial charge in [-0.05, 0) is 25.0 Å². The van der Waals surface area contributed by atoms with Crippen LogP contribution in [0.3, 0.4) is 0 Å². The van der Waals surface area contributed by atoms with Crippen molar-refractivity contribution in [3.63, 3.8) is 0 Å². The van der Waals surface area contributed by atoms with Gasteiger partial charge in [0, 0.05) is 24.0 Å². The average Bonchev–Trinajstić information content (AvgIpc) is 2.55. The molecule has 0 aliphatic heterocycles. The minimum atomic E-state index is -12.0. The van der Waals surface area contributed by atoms with Gasteiger partial charge in [0.1, 0.15) is 21.4 Å². The van der Waals surface area contributed by atoms with E-state index < -0.39 is 89.6 Å². The van der Waals surface area contributed by atoms with E-state index in [9.17, 15) is 56.4 Å². The van der Waals surface area contributed by atoms with Crippen LogP contribution in [0.15, 0.2) is 33.6 Å². The highest BCUT2D eigenvalue weighted by Crippen LogP contribution is 3.10. The lowest BCUT2D eigenvalue weighted by molar-refractivity contribution is 0.334. The minimum absolute atomic E-state index is 0.364. The first-order chi connectivity index (χ1) is 13.7. The standard InChI is InChI=1S/C16H16F14S2/c1-3-5-11(17)13(19)9-7-8-10(14(20)12(18)6-4-2)16(32(26,27,28,29)30)15(9)31(21,22,23,24)25/h7-8H,3-6H2,1-2H3/b13-11+,14-12+. The fourth-order valence-electron chi connectivity index (χ4n) is 2.63. The lowest BCUT2D eigenvalue weighted by atomic mass is 10.1. The maximum atomic E-state index is 14.2. The first kappa shape index (κ1) is 28.5. The van der Waals surface area contributed by atoms with Crippen molar-refractivity contribution in [1.29, 1.82) is 0 Å². The van der Waals surface area contributed by atoms with Gasteiger partial charge in [-0.2, -0.15) is 0 Å². The zero-order chi connectivity index (χ0) is 25.7. The van der Waals surface area contributed by atoms with Crippen LogP contribution in [0, 0.1) is 0 Å². The number of allylic oxidation sites excluding steroid dienone is 2. The van der Waals surface area contributed by atoms with Gasteiger partial charge in [0.05, 0.1) is 0 Å². The van der Waals surface area contributed by atoms with Crippen LogP contribution in [0.25, 0.3) is 11.7 Å². The summed E-state index contributed by atoms with van der Waals surface area (Å²) in [7, 11) is -23.9. The van der Waals surface area contributed by atoms with Crippen LogP contribution < -0.4 is 0 Å². The molecule has 1 rings (SSSR count). The molecule has 190 valence electrons. The molecule has 0 heterocycles. The lowest BCUT2D eigenvalue weighted by Crippen LogP contribution is -2.20. The van der Waals surface area contributed by atoms with Crippen molar-refractivity contribution in [2.75, 3.05) is 0 Å². The van der Waals surface area contributed by atoms with Crippen molar-refractivity contribution >= 4 is 32.1 Å². The first-order valence-electron chi connectivity index (χ1n) is 8.49. The van der Waals surface area contributed by atoms with E-state index in [2.05, 4.69) is 0 Å². The zero-order valence-electron chi connectivity index (χ0n) is 16.1. The van der Waals surface area contributed by atoms with Gasteiger partial charge in [0.15, 0.2) is 11.7 Å². The summed E-state index contributed by atoms with van der Waals surface area (Å²) in [4.78, 5) is -9.16. The molecular weight excluding hydrogens is 522 g/mol. The Morgan fingerprint density at radius 1 is 0.562 bits per heavy atom. The number of rotatable bonds is 8. The molecule has 0 bridgehead atoms. The highest BCUT2D eigenvalue weighted by Gasteiger charge is 2.77. The van der Waals surface area contributed by atoms with E-state index in [4.69, 9.17) is 0 Å². The second-order valence-electron chi connectivity index (χ2n) is 6.69. The third kappa shape index (κ3) is 6.48. The number of benzene rings is 1. The summed E-state index contributed by atoms with van der Waals surface area (Å²) in [6.45, 7) is 2.25. The van der Waals surface area contributed by atoms with E-state index in [0.717, 1.165) is 13.8 Å². The van der Waals surface area contributed by atoms with E-state index >= 15 is 0 Å². The van der Waals surface area contributed by atoms with Gasteiger partial charge in [0.25, 0.3) is 0 Å². The molecule has 0 nitrogen and oxygen atoms in total. The summed E-state index contributed by atoms with van der Waals surface area (Å²) in [6, 6.07) is -1.17. The quantitative estimate of drug-likeness (QED) is 0.289. The van der Waals surface area contributed by atoms with Gasteiger partial charge in [-0.3, -0.25) is 0 Å². The SMILES string of the molecule is CCC/C(F)=C(\F)c1ccc(/C(F)=C(\F)CCC)c(S(F)(F)(F)(F)F)c1S(F)(F)(F)(F)F. The molecule has 0 unspecified atom stereocenters. The molecule has 0 spiro atoms. The summed E-state index contributed by atoms with van der Waals surface area (Å²) in [5.41, 5.74) is -5.82. The molecule has 0 radical (unpaired) electrons. The van der Waals surface area contributed by atoms with E-state index in [1.165, 1.54) is 0 Å². The normalized spacial score (nSPS) is 19.2. The van der Waals surface area contributed by atoms with Crippen molar-refractivity contribution in [3.8, 4) is 0 Å². The van der Waals surface area contributed by atoms with Crippen LogP contribution in [-0.4, -0.2) is 0 Å². The Kier molecular flexibility index (Phi) is 6.19. The molecule has 0 fully saturated rings. The Labute approximate surface area is 173 Å². The van der Waals surface area contributed by atoms with Gasteiger partial charge >= 0.3 is 20.4 Å². The van der Waals surface area contributed by atoms with Crippen molar-refractivity contribution in [1.82, 2.24) is 0 Å². The Balaban J connectivity index is 4.57. The smallest absolute Gasteiger partial charge is 0.209 e. The highest BCUT2D eigenvalue weighted by molar-refractivity contribution is 8.48. The topological polar surface area (TPSA) is 0 Å². The fraction of sp³-hybridized carbons (Fsp3) is 0.375. The summed E-state index contributed by atoms with van der Waals surface area (Å²) < 4.78 is 192. The lowest BCUT2D eigenvalue weighted by Gasteiger charge is -2.49. The van der Waals surface area contributed by atoms with Crippen LogP contribution >= 0.6 is 20.4 Å². The summed E-state index contributed by atoms with van der Waals surface area (Å²) in [5, 5.41) is 0. The molecule has 0 saturated carbocycles. The Morgan fingerprint density at radius 2 is 0.812 bits per heavy atom. The van der Waals surface area contributed by atoms with Crippen LogP contribution in [-0.2, 0) is 0 Å². The molecule has 0 atom stereocenters. The van der Waals surface area contributed by atoms with Crippen LogP contribution in [0.4, 0.5) is 56.4 Å². The van der Waals surface area contributed by atoms with Crippen molar-refractivity contribution in [2.24, 2.45) is 0 Å². The maximum Gasteiger partial charge on any atom is 0.312 e. The molecule has 0 saturated heterocycles. The van der Waals surface area contributed by atoms with Gasteiger partial charge in [0.2, 0.25) is 0 Å². The highest BCUT2D eigenvalue weighted by atomic mass is 32.5. The van der Waals surface area contributed by atoms with E-state index in [1.54, 1.807) is 0 Å². The van der Waals surface area contributed by atoms with Crippen molar-refractivity contribution in [2.45, 2.75) is 49.3 Å². The molecular formula is C16H16F14S2. The molecule has 1 aromatic rings. The number of halogens is 14. The second kappa shape index (κ2) is 6.96. The Bertz CT molecular complexity index is 902. The van der Waals surface area contributed by atoms with Gasteiger partial charge in [-0.1, -0.05) is 52.7 Å². The minimum Gasteiger partial charge on any atom is -0.209 e. The van der Waals surface area contributed by atoms with E-state index in [0.29, 0.717) is 0 Å². The van der Waals surface area contributed by atoms with Gasteiger partial charge < -0.3 is 0 Å². The van der Waals surface area contributed by atoms with Crippen LogP contribution in [0.2, 0.25) is 0 Å². The van der Waals surface area contributed by atoms with Crippen LogP contribution in [0.5, 0.6) is 0 Å². The molecule has 0 aliphatic rings. The third-order valence-corrected chi connectivity index (χ3v) is 6.29. The van der Waals surface area contributed by atoms with Crippen LogP contribution in [0.1, 0.15) is 50.7 Å². The number of hydrogen-bond acceptors (Lipinski definition) is 0. The molecule has 16 heteroatoms. The first-order valence-corrected chi connectivity index (χ1v) is 12.4. The zero-order valence-corrected chi connectivity index (χ0v) is 17.7. The predicted molar refractivity (Wildman–Crippen MR) is 97.3 cm³/mol. The molecule has 0 amide bonds. The maximum absolute atomic E-state index is 14.2. The molecule has 32 heavy (non-hydrogen) atoms. The van der Waals surface area contributed by atoms with E-state index in [1.807, 2.05) is 0 Å². The van der Waals surface area contributed by atoms with Crippen molar-refractivity contribution in [3.05, 3.63) is 34.9 Å². The Hall–Kier alpha value is -1.58. The van der Waals surface area contributed by atoms with Crippen molar-refractivity contribution < 1.29 is 56.4 Å². The predicted octanol–water partition coefficient (Wildman–Crippen LogP) is 11.8. The fourth-order valence-corrected chi connectivity index (χ4v) is 5.64. The van der Waals surface area contributed by atoms with Gasteiger partial charge in [-0.15, -0.1) is 0 Å². The summed E-state index contributed by atoms with van der Waals surface area (Å²) in [5.74, 6) is -10.3. The third-order valence-electron chi connectivity index (χ3n) is 3.77. The summed E-state index contributed by atoms with van der Waals surface area (Å²) in [6.07, 6.45) is -2.90. The second-order valence-corrected chi connectivity index (χ2v) is 11.4. The van der Waals surface area contributed by atoms with E-state index in [-0.39, 0.29) is 12.8 Å². The Morgan fingerprint density at radius 3 is 1.00 bits per heavy atom. The monoisotopic (exact) mass is 538 g/mol. The number of hydrogen-bond donors (Lipinski definition) is 0. The largest absolute Gasteiger partial charge is 0.312 e. The molecule has 0 aromatic heterocycles. The molecule has 0 aliphatic carbocycles. The molecule has 0 N–H and O–H groups in total. The van der Waals surface area contributed by atoms with Gasteiger partial charge in [-0.25, -0.2) is 17.6 Å².